The monoisotopic (exact) mass is 285 g/mol. The second kappa shape index (κ2) is 5.61. The largest absolute Gasteiger partial charge is 0.485 e. The summed E-state index contributed by atoms with van der Waals surface area (Å²) in [6.45, 7) is 0.646. The molecule has 18 heavy (non-hydrogen) atoms. The minimum Gasteiger partial charge on any atom is -0.485 e. The van der Waals surface area contributed by atoms with Crippen molar-refractivity contribution in [3.8, 4) is 5.75 Å². The van der Waals surface area contributed by atoms with Gasteiger partial charge in [-0.15, -0.1) is 0 Å². The lowest BCUT2D eigenvalue weighted by Crippen LogP contribution is -2.07. The Morgan fingerprint density at radius 2 is 2.17 bits per heavy atom. The molecule has 96 valence electrons. The van der Waals surface area contributed by atoms with Gasteiger partial charge in [-0.2, -0.15) is 0 Å². The first-order valence-electron chi connectivity index (χ1n) is 5.40. The molecule has 0 atom stereocenters. The second-order valence-corrected chi connectivity index (χ2v) is 4.56. The van der Waals surface area contributed by atoms with Crippen molar-refractivity contribution >= 4 is 23.2 Å². The zero-order valence-corrected chi connectivity index (χ0v) is 11.4. The maximum atomic E-state index is 6.04. The van der Waals surface area contributed by atoms with Gasteiger partial charge in [-0.25, -0.2) is 4.98 Å². The average Bonchev–Trinajstić information content (AvgIpc) is 2.68. The number of halogens is 2. The van der Waals surface area contributed by atoms with Crippen LogP contribution in [0.5, 0.6) is 5.75 Å². The predicted molar refractivity (Wildman–Crippen MR) is 71.9 cm³/mol. The van der Waals surface area contributed by atoms with Crippen molar-refractivity contribution in [2.24, 2.45) is 12.8 Å². The SMILES string of the molecule is Cn1c(Cl)cnc1COc1cccc(Cl)c1CN. The van der Waals surface area contributed by atoms with Gasteiger partial charge in [0.05, 0.1) is 6.20 Å². The van der Waals surface area contributed by atoms with Crippen LogP contribution in [0.2, 0.25) is 10.2 Å². The van der Waals surface area contributed by atoms with Gasteiger partial charge in [0.2, 0.25) is 0 Å². The third kappa shape index (κ3) is 2.61. The van der Waals surface area contributed by atoms with E-state index in [1.165, 1.54) is 0 Å². The molecule has 6 heteroatoms. The van der Waals surface area contributed by atoms with E-state index in [2.05, 4.69) is 4.98 Å². The first kappa shape index (κ1) is 13.2. The Morgan fingerprint density at radius 3 is 2.78 bits per heavy atom. The Hall–Kier alpha value is -1.23. The molecule has 1 aromatic carbocycles. The molecule has 2 N–H and O–H groups in total. The summed E-state index contributed by atoms with van der Waals surface area (Å²) in [5.41, 5.74) is 6.44. The van der Waals surface area contributed by atoms with E-state index < -0.39 is 0 Å². The topological polar surface area (TPSA) is 53.1 Å². The number of rotatable bonds is 4. The van der Waals surface area contributed by atoms with Crippen LogP contribution < -0.4 is 10.5 Å². The van der Waals surface area contributed by atoms with Crippen LogP contribution in [0, 0.1) is 0 Å². The van der Waals surface area contributed by atoms with E-state index in [1.54, 1.807) is 16.8 Å². The highest BCUT2D eigenvalue weighted by Gasteiger charge is 2.09. The maximum Gasteiger partial charge on any atom is 0.147 e. The van der Waals surface area contributed by atoms with Crippen molar-refractivity contribution in [3.63, 3.8) is 0 Å². The lowest BCUT2D eigenvalue weighted by molar-refractivity contribution is 0.289. The van der Waals surface area contributed by atoms with Gasteiger partial charge in [0.1, 0.15) is 23.3 Å². The highest BCUT2D eigenvalue weighted by Crippen LogP contribution is 2.26. The zero-order chi connectivity index (χ0) is 13.1. The van der Waals surface area contributed by atoms with E-state index in [1.807, 2.05) is 19.2 Å². The third-order valence-electron chi connectivity index (χ3n) is 2.66. The van der Waals surface area contributed by atoms with Crippen molar-refractivity contribution in [2.45, 2.75) is 13.2 Å². The number of nitrogens with two attached hydrogens (primary N) is 1. The Kier molecular flexibility index (Phi) is 4.11. The van der Waals surface area contributed by atoms with Gasteiger partial charge < -0.3 is 15.0 Å². The van der Waals surface area contributed by atoms with Crippen LogP contribution in [0.15, 0.2) is 24.4 Å². The lowest BCUT2D eigenvalue weighted by Gasteiger charge is -2.11. The number of hydrogen-bond donors (Lipinski definition) is 1. The summed E-state index contributed by atoms with van der Waals surface area (Å²) in [6, 6.07) is 5.44. The summed E-state index contributed by atoms with van der Waals surface area (Å²) in [5.74, 6) is 1.41. The summed E-state index contributed by atoms with van der Waals surface area (Å²) in [7, 11) is 1.83. The molecule has 1 aromatic heterocycles. The quantitative estimate of drug-likeness (QED) is 0.940. The molecule has 0 aliphatic heterocycles. The molecule has 0 spiro atoms. The maximum absolute atomic E-state index is 6.04. The van der Waals surface area contributed by atoms with Crippen LogP contribution in [0.3, 0.4) is 0 Å². The Morgan fingerprint density at radius 1 is 1.39 bits per heavy atom. The van der Waals surface area contributed by atoms with Gasteiger partial charge in [0, 0.05) is 24.2 Å². The number of imidazole rings is 1. The molecule has 2 rings (SSSR count). The standard InChI is InChI=1S/C12H13Cl2N3O/c1-17-11(14)6-16-12(17)7-18-10-4-2-3-9(13)8(10)5-15/h2-4,6H,5,7,15H2,1H3. The molecule has 0 unspecified atom stereocenters. The summed E-state index contributed by atoms with van der Waals surface area (Å²) in [5, 5.41) is 1.17. The average molecular weight is 286 g/mol. The number of ether oxygens (including phenoxy) is 1. The van der Waals surface area contributed by atoms with Crippen molar-refractivity contribution in [2.75, 3.05) is 0 Å². The second-order valence-electron chi connectivity index (χ2n) is 3.77. The molecular weight excluding hydrogens is 273 g/mol. The minimum atomic E-state index is 0.316. The van der Waals surface area contributed by atoms with Gasteiger partial charge in [-0.05, 0) is 12.1 Å². The van der Waals surface area contributed by atoms with Gasteiger partial charge in [0.15, 0.2) is 0 Å². The number of nitrogens with zero attached hydrogens (tertiary/aromatic N) is 2. The fraction of sp³-hybridized carbons (Fsp3) is 0.250. The number of benzene rings is 1. The first-order valence-corrected chi connectivity index (χ1v) is 6.15. The van der Waals surface area contributed by atoms with Crippen LogP contribution >= 0.6 is 23.2 Å². The van der Waals surface area contributed by atoms with Crippen LogP contribution in [0.4, 0.5) is 0 Å². The van der Waals surface area contributed by atoms with Crippen molar-refractivity contribution in [3.05, 3.63) is 46.0 Å². The van der Waals surface area contributed by atoms with Crippen LogP contribution in [0.1, 0.15) is 11.4 Å². The van der Waals surface area contributed by atoms with E-state index in [9.17, 15) is 0 Å². The molecule has 0 fully saturated rings. The van der Waals surface area contributed by atoms with E-state index in [0.717, 1.165) is 11.4 Å². The van der Waals surface area contributed by atoms with Gasteiger partial charge in [0.25, 0.3) is 0 Å². The smallest absolute Gasteiger partial charge is 0.147 e. The molecule has 0 aliphatic carbocycles. The Labute approximate surface area is 115 Å². The molecule has 0 bridgehead atoms. The fourth-order valence-electron chi connectivity index (χ4n) is 1.57. The summed E-state index contributed by atoms with van der Waals surface area (Å²) in [4.78, 5) is 4.15. The molecule has 0 aliphatic rings. The summed E-state index contributed by atoms with van der Waals surface area (Å²) in [6.07, 6.45) is 1.59. The number of aromatic nitrogens is 2. The van der Waals surface area contributed by atoms with Crippen LogP contribution in [-0.2, 0) is 20.2 Å². The predicted octanol–water partition coefficient (Wildman–Crippen LogP) is 2.76. The zero-order valence-electron chi connectivity index (χ0n) is 9.86. The molecule has 1 heterocycles. The first-order chi connectivity index (χ1) is 8.63. The summed E-state index contributed by atoms with van der Waals surface area (Å²) >= 11 is 11.9. The molecule has 0 radical (unpaired) electrons. The molecule has 0 amide bonds. The molecule has 2 aromatic rings. The van der Waals surface area contributed by atoms with Gasteiger partial charge in [-0.3, -0.25) is 0 Å². The fourth-order valence-corrected chi connectivity index (χ4v) is 1.96. The van der Waals surface area contributed by atoms with Crippen molar-refractivity contribution in [1.29, 1.82) is 0 Å². The van der Waals surface area contributed by atoms with Crippen molar-refractivity contribution < 1.29 is 4.74 Å². The van der Waals surface area contributed by atoms with Crippen molar-refractivity contribution in [1.82, 2.24) is 9.55 Å². The normalized spacial score (nSPS) is 10.7. The summed E-state index contributed by atoms with van der Waals surface area (Å²) < 4.78 is 7.44. The Balaban J connectivity index is 2.16. The third-order valence-corrected chi connectivity index (χ3v) is 3.37. The van der Waals surface area contributed by atoms with Gasteiger partial charge >= 0.3 is 0 Å². The minimum absolute atomic E-state index is 0.316. The highest BCUT2D eigenvalue weighted by molar-refractivity contribution is 6.31. The lowest BCUT2D eigenvalue weighted by atomic mass is 10.2. The molecule has 0 saturated carbocycles. The molecule has 0 saturated heterocycles. The van der Waals surface area contributed by atoms with Gasteiger partial charge in [-0.1, -0.05) is 29.3 Å². The Bertz CT molecular complexity index is 554. The molecular formula is C12H13Cl2N3O. The number of hydrogen-bond acceptors (Lipinski definition) is 3. The highest BCUT2D eigenvalue weighted by atomic mass is 35.5. The van der Waals surface area contributed by atoms with E-state index >= 15 is 0 Å². The van der Waals surface area contributed by atoms with E-state index in [0.29, 0.717) is 29.1 Å². The molecule has 4 nitrogen and oxygen atoms in total. The van der Waals surface area contributed by atoms with E-state index in [4.69, 9.17) is 33.7 Å². The van der Waals surface area contributed by atoms with Crippen LogP contribution in [0.25, 0.3) is 0 Å². The van der Waals surface area contributed by atoms with E-state index in [-0.39, 0.29) is 0 Å². The van der Waals surface area contributed by atoms with Crippen LogP contribution in [-0.4, -0.2) is 9.55 Å².